The van der Waals surface area contributed by atoms with Crippen molar-refractivity contribution in [1.82, 2.24) is 0 Å². The van der Waals surface area contributed by atoms with Crippen LogP contribution >= 0.6 is 0 Å². The molecule has 0 radical (unpaired) electrons. The van der Waals surface area contributed by atoms with E-state index >= 15 is 0 Å². The second kappa shape index (κ2) is 7.03. The highest BCUT2D eigenvalue weighted by molar-refractivity contribution is 6.35. The minimum Gasteiger partial charge on any atom is -0.307 e. The van der Waals surface area contributed by atoms with Crippen LogP contribution in [0.5, 0.6) is 0 Å². The van der Waals surface area contributed by atoms with Crippen LogP contribution in [0, 0.1) is 0 Å². The SMILES string of the molecule is C=O.c1ccc(C2=C3C(=C(c4ccccc4)C2)c2cccc4cccc3c24)cc1. The van der Waals surface area contributed by atoms with Gasteiger partial charge in [-0.25, -0.2) is 0 Å². The summed E-state index contributed by atoms with van der Waals surface area (Å²) in [5, 5.41) is 2.74. The number of fused-ring (bicyclic) bond motifs is 3. The maximum Gasteiger partial charge on any atom is 0.106 e. The molecule has 0 saturated heterocycles. The van der Waals surface area contributed by atoms with E-state index in [9.17, 15) is 0 Å². The molecule has 1 heteroatoms. The van der Waals surface area contributed by atoms with Gasteiger partial charge in [0.25, 0.3) is 0 Å². The van der Waals surface area contributed by atoms with E-state index in [-0.39, 0.29) is 0 Å². The van der Waals surface area contributed by atoms with Gasteiger partial charge in [0.2, 0.25) is 0 Å². The van der Waals surface area contributed by atoms with Crippen molar-refractivity contribution >= 4 is 39.9 Å². The summed E-state index contributed by atoms with van der Waals surface area (Å²) in [6.45, 7) is 2.00. The van der Waals surface area contributed by atoms with Crippen molar-refractivity contribution in [3.8, 4) is 0 Å². The summed E-state index contributed by atoms with van der Waals surface area (Å²) in [5.74, 6) is 0. The quantitative estimate of drug-likeness (QED) is 0.374. The summed E-state index contributed by atoms with van der Waals surface area (Å²) in [6, 6.07) is 35.2. The first kappa shape index (κ1) is 17.4. The van der Waals surface area contributed by atoms with Gasteiger partial charge in [-0.15, -0.1) is 0 Å². The van der Waals surface area contributed by atoms with Gasteiger partial charge in [0.05, 0.1) is 0 Å². The molecule has 0 heterocycles. The fraction of sp³-hybridized carbons (Fsp3) is 0.0357. The first-order chi connectivity index (χ1) is 14.4. The number of allylic oxidation sites excluding steroid dienone is 4. The molecule has 138 valence electrons. The first-order valence-corrected chi connectivity index (χ1v) is 9.81. The highest BCUT2D eigenvalue weighted by Crippen LogP contribution is 2.57. The third-order valence-electron chi connectivity index (χ3n) is 5.89. The van der Waals surface area contributed by atoms with Gasteiger partial charge in [-0.05, 0) is 61.7 Å². The van der Waals surface area contributed by atoms with Crippen molar-refractivity contribution in [2.24, 2.45) is 0 Å². The van der Waals surface area contributed by atoms with Crippen LogP contribution in [0.3, 0.4) is 0 Å². The summed E-state index contributed by atoms with van der Waals surface area (Å²) in [7, 11) is 0. The number of carbonyl (C=O) groups excluding carboxylic acids is 1. The molecular formula is C28H20O. The molecule has 0 spiro atoms. The van der Waals surface area contributed by atoms with E-state index in [0.717, 1.165) is 6.42 Å². The molecule has 0 aliphatic heterocycles. The van der Waals surface area contributed by atoms with Gasteiger partial charge >= 0.3 is 0 Å². The number of benzene rings is 4. The highest BCUT2D eigenvalue weighted by atomic mass is 16.1. The molecular weight excluding hydrogens is 352 g/mol. The van der Waals surface area contributed by atoms with E-state index in [1.54, 1.807) is 0 Å². The second-order valence-corrected chi connectivity index (χ2v) is 7.33. The Kier molecular flexibility index (Phi) is 4.22. The van der Waals surface area contributed by atoms with Crippen molar-refractivity contribution in [2.75, 3.05) is 0 Å². The lowest BCUT2D eigenvalue weighted by atomic mass is 9.94. The maximum atomic E-state index is 8.00. The van der Waals surface area contributed by atoms with Crippen LogP contribution in [0.2, 0.25) is 0 Å². The zero-order valence-corrected chi connectivity index (χ0v) is 16.1. The van der Waals surface area contributed by atoms with Crippen LogP contribution in [-0.2, 0) is 4.79 Å². The zero-order valence-electron chi connectivity index (χ0n) is 16.1. The minimum absolute atomic E-state index is 0.989. The van der Waals surface area contributed by atoms with E-state index < -0.39 is 0 Å². The Balaban J connectivity index is 0.000000882. The van der Waals surface area contributed by atoms with Crippen LogP contribution in [0.4, 0.5) is 0 Å². The molecule has 29 heavy (non-hydrogen) atoms. The predicted molar refractivity (Wildman–Crippen MR) is 122 cm³/mol. The third kappa shape index (κ3) is 2.59. The molecule has 2 aliphatic rings. The van der Waals surface area contributed by atoms with E-state index in [4.69, 9.17) is 4.79 Å². The largest absolute Gasteiger partial charge is 0.307 e. The summed E-state index contributed by atoms with van der Waals surface area (Å²) in [4.78, 5) is 8.00. The monoisotopic (exact) mass is 372 g/mol. The minimum atomic E-state index is 0.989. The number of carbonyl (C=O) groups is 1. The van der Waals surface area contributed by atoms with Gasteiger partial charge in [0, 0.05) is 0 Å². The van der Waals surface area contributed by atoms with Crippen LogP contribution in [0.1, 0.15) is 28.7 Å². The molecule has 0 unspecified atom stereocenters. The lowest BCUT2D eigenvalue weighted by Gasteiger charge is -2.09. The molecule has 2 aliphatic carbocycles. The van der Waals surface area contributed by atoms with Crippen LogP contribution < -0.4 is 0 Å². The molecule has 0 atom stereocenters. The Morgan fingerprint density at radius 1 is 0.517 bits per heavy atom. The molecule has 0 N–H and O–H groups in total. The molecule has 6 rings (SSSR count). The van der Waals surface area contributed by atoms with Gasteiger partial charge in [0.15, 0.2) is 0 Å². The normalized spacial score (nSPS) is 14.1. The summed E-state index contributed by atoms with van der Waals surface area (Å²) in [5.41, 5.74) is 11.2. The summed E-state index contributed by atoms with van der Waals surface area (Å²) >= 11 is 0. The average Bonchev–Trinajstić information content (AvgIpc) is 3.35. The lowest BCUT2D eigenvalue weighted by Crippen LogP contribution is -1.88. The second-order valence-electron chi connectivity index (χ2n) is 7.33. The van der Waals surface area contributed by atoms with Crippen molar-refractivity contribution < 1.29 is 4.79 Å². The standard InChI is InChI=1S/C27H18.CH2O/c1-3-9-18(10-4-1)23-17-24(19-11-5-2-6-12-19)27-22-16-8-14-20-13-7-15-21(25(20)22)26(23)27;1-2/h1-16H,17H2;1H2. The molecule has 4 aromatic carbocycles. The van der Waals surface area contributed by atoms with Crippen LogP contribution in [-0.4, -0.2) is 6.79 Å². The van der Waals surface area contributed by atoms with Gasteiger partial charge in [-0.2, -0.15) is 0 Å². The average molecular weight is 372 g/mol. The van der Waals surface area contributed by atoms with E-state index in [0.29, 0.717) is 0 Å². The Hall–Kier alpha value is -3.71. The first-order valence-electron chi connectivity index (χ1n) is 9.81. The van der Waals surface area contributed by atoms with Gasteiger partial charge in [0.1, 0.15) is 6.79 Å². The van der Waals surface area contributed by atoms with E-state index in [2.05, 4.69) is 97.1 Å². The predicted octanol–water partition coefficient (Wildman–Crippen LogP) is 6.89. The van der Waals surface area contributed by atoms with E-state index in [1.807, 2.05) is 6.79 Å². The van der Waals surface area contributed by atoms with Gasteiger partial charge < -0.3 is 4.79 Å². The van der Waals surface area contributed by atoms with E-state index in [1.165, 1.54) is 55.3 Å². The van der Waals surface area contributed by atoms with Crippen molar-refractivity contribution in [3.05, 3.63) is 119 Å². The number of hydrogen-bond acceptors (Lipinski definition) is 1. The fourth-order valence-corrected chi connectivity index (χ4v) is 4.78. The molecule has 4 aromatic rings. The maximum absolute atomic E-state index is 8.00. The third-order valence-corrected chi connectivity index (χ3v) is 5.89. The van der Waals surface area contributed by atoms with Gasteiger partial charge in [-0.3, -0.25) is 0 Å². The number of rotatable bonds is 2. The Labute approximate surface area is 170 Å². The Bertz CT molecular complexity index is 1180. The summed E-state index contributed by atoms with van der Waals surface area (Å²) < 4.78 is 0. The molecule has 0 aromatic heterocycles. The molecule has 0 saturated carbocycles. The number of hydrogen-bond donors (Lipinski definition) is 0. The topological polar surface area (TPSA) is 17.1 Å². The van der Waals surface area contributed by atoms with Crippen molar-refractivity contribution in [2.45, 2.75) is 6.42 Å². The van der Waals surface area contributed by atoms with Crippen LogP contribution in [0.15, 0.2) is 97.1 Å². The van der Waals surface area contributed by atoms with Crippen LogP contribution in [0.25, 0.3) is 33.1 Å². The molecule has 0 fully saturated rings. The fourth-order valence-electron chi connectivity index (χ4n) is 4.78. The summed E-state index contributed by atoms with van der Waals surface area (Å²) in [6.07, 6.45) is 0.989. The van der Waals surface area contributed by atoms with Crippen molar-refractivity contribution in [1.29, 1.82) is 0 Å². The Morgan fingerprint density at radius 2 is 0.966 bits per heavy atom. The molecule has 0 amide bonds. The molecule has 1 nitrogen and oxygen atoms in total. The smallest absolute Gasteiger partial charge is 0.106 e. The molecule has 0 bridgehead atoms. The zero-order chi connectivity index (χ0) is 19.8. The van der Waals surface area contributed by atoms with Crippen molar-refractivity contribution in [3.63, 3.8) is 0 Å². The Morgan fingerprint density at radius 3 is 1.41 bits per heavy atom. The lowest BCUT2D eigenvalue weighted by molar-refractivity contribution is -0.0979. The van der Waals surface area contributed by atoms with Gasteiger partial charge in [-0.1, -0.05) is 97.1 Å². The highest BCUT2D eigenvalue weighted by Gasteiger charge is 2.34.